The number of primary amides is 1. The monoisotopic (exact) mass is 270 g/mol. The summed E-state index contributed by atoms with van der Waals surface area (Å²) in [6.07, 6.45) is 4.90. The molecular formula is C13H14N6O. The van der Waals surface area contributed by atoms with Gasteiger partial charge in [0.05, 0.1) is 17.6 Å². The van der Waals surface area contributed by atoms with Crippen molar-refractivity contribution in [1.82, 2.24) is 19.7 Å². The Balaban J connectivity index is 2.24. The maximum absolute atomic E-state index is 11.5. The van der Waals surface area contributed by atoms with Crippen LogP contribution < -0.4 is 5.73 Å². The zero-order chi connectivity index (χ0) is 14.3. The van der Waals surface area contributed by atoms with Gasteiger partial charge in [0.25, 0.3) is 5.91 Å². The van der Waals surface area contributed by atoms with E-state index < -0.39 is 5.91 Å². The van der Waals surface area contributed by atoms with Gasteiger partial charge in [-0.15, -0.1) is 0 Å². The lowest BCUT2D eigenvalue weighted by molar-refractivity contribution is 0.0994. The average Bonchev–Trinajstić information content (AvgIpc) is 2.77. The summed E-state index contributed by atoms with van der Waals surface area (Å²) in [6.45, 7) is 0. The molecule has 0 bridgehead atoms. The van der Waals surface area contributed by atoms with Crippen LogP contribution in [0.25, 0.3) is 11.4 Å². The summed E-state index contributed by atoms with van der Waals surface area (Å²) in [5.74, 6) is 0.0376. The summed E-state index contributed by atoms with van der Waals surface area (Å²) >= 11 is 0. The lowest BCUT2D eigenvalue weighted by Gasteiger charge is -2.16. The van der Waals surface area contributed by atoms with E-state index in [2.05, 4.69) is 20.1 Å². The minimum Gasteiger partial charge on any atom is -0.364 e. The van der Waals surface area contributed by atoms with Crippen LogP contribution in [0.15, 0.2) is 11.2 Å². The summed E-state index contributed by atoms with van der Waals surface area (Å²) in [5, 5.41) is 4.21. The van der Waals surface area contributed by atoms with Crippen molar-refractivity contribution in [1.29, 1.82) is 0 Å². The minimum atomic E-state index is -0.505. The van der Waals surface area contributed by atoms with Crippen LogP contribution >= 0.6 is 0 Å². The van der Waals surface area contributed by atoms with Gasteiger partial charge in [-0.2, -0.15) is 5.10 Å². The number of fused-ring (bicyclic) bond motifs is 3. The Labute approximate surface area is 115 Å². The van der Waals surface area contributed by atoms with Crippen molar-refractivity contribution >= 4 is 12.1 Å². The number of carbonyl (C=O) groups is 1. The van der Waals surface area contributed by atoms with E-state index in [1.54, 1.807) is 31.2 Å². The molecule has 7 nitrogen and oxygen atoms in total. The molecule has 2 heterocycles. The molecule has 0 atom stereocenters. The highest BCUT2D eigenvalue weighted by atomic mass is 16.1. The zero-order valence-electron chi connectivity index (χ0n) is 11.3. The normalized spacial score (nSPS) is 13.3. The van der Waals surface area contributed by atoms with E-state index >= 15 is 0 Å². The molecule has 0 spiro atoms. The number of hydrogen-bond donors (Lipinski definition) is 1. The summed E-state index contributed by atoms with van der Waals surface area (Å²) in [7, 11) is 3.46. The third-order valence-corrected chi connectivity index (χ3v) is 3.38. The molecule has 3 rings (SSSR count). The predicted octanol–water partition coefficient (Wildman–Crippen LogP) is 0.123. The molecule has 0 saturated heterocycles. The third-order valence-electron chi connectivity index (χ3n) is 3.38. The Morgan fingerprint density at radius 2 is 2.30 bits per heavy atom. The maximum atomic E-state index is 11.5. The lowest BCUT2D eigenvalue weighted by atomic mass is 9.93. The number of rotatable bonds is 2. The van der Waals surface area contributed by atoms with Crippen molar-refractivity contribution in [2.45, 2.75) is 12.8 Å². The van der Waals surface area contributed by atoms with E-state index in [0.29, 0.717) is 11.5 Å². The van der Waals surface area contributed by atoms with Crippen LogP contribution in [0.5, 0.6) is 0 Å². The fraction of sp³-hybridized carbons (Fsp3) is 0.308. The van der Waals surface area contributed by atoms with Gasteiger partial charge in [0.15, 0.2) is 11.5 Å². The fourth-order valence-electron chi connectivity index (χ4n) is 2.54. The number of aryl methyl sites for hydroxylation is 2. The van der Waals surface area contributed by atoms with E-state index in [4.69, 9.17) is 5.73 Å². The third kappa shape index (κ3) is 1.78. The first-order chi connectivity index (χ1) is 9.61. The largest absolute Gasteiger partial charge is 0.364 e. The molecule has 0 aromatic carbocycles. The summed E-state index contributed by atoms with van der Waals surface area (Å²) in [4.78, 5) is 24.1. The molecule has 2 aromatic heterocycles. The van der Waals surface area contributed by atoms with E-state index in [-0.39, 0.29) is 0 Å². The Bertz CT molecular complexity index is 731. The molecule has 1 amide bonds. The van der Waals surface area contributed by atoms with Gasteiger partial charge in [-0.05, 0) is 18.4 Å². The lowest BCUT2D eigenvalue weighted by Crippen LogP contribution is -2.16. The van der Waals surface area contributed by atoms with Crippen molar-refractivity contribution in [3.05, 3.63) is 28.8 Å². The number of hydrogen-bond acceptors (Lipinski definition) is 5. The molecule has 0 unspecified atom stereocenters. The molecule has 20 heavy (non-hydrogen) atoms. The first kappa shape index (κ1) is 12.5. The zero-order valence-corrected chi connectivity index (χ0v) is 11.3. The number of nitrogens with zero attached hydrogens (tertiary/aromatic N) is 5. The topological polar surface area (TPSA) is 99.0 Å². The number of amides is 1. The van der Waals surface area contributed by atoms with Crippen molar-refractivity contribution in [2.75, 3.05) is 7.05 Å². The summed E-state index contributed by atoms with van der Waals surface area (Å²) < 4.78 is 1.66. The fourth-order valence-corrected chi connectivity index (χ4v) is 2.54. The average molecular weight is 270 g/mol. The number of carbonyl (C=O) groups excluding carboxylic acids is 1. The van der Waals surface area contributed by atoms with Gasteiger partial charge in [0.1, 0.15) is 0 Å². The molecule has 0 saturated carbocycles. The van der Waals surface area contributed by atoms with E-state index in [9.17, 15) is 4.79 Å². The standard InChI is InChI=1S/C13H14N6O/c1-15-6-9-16-5-7-3-4-8-11(13(14)20)18-19(2)12(8)10(7)17-9/h5-6H,3-4H2,1-2H3,(H2,14,20)/b15-6+. The van der Waals surface area contributed by atoms with Gasteiger partial charge in [0, 0.05) is 25.9 Å². The smallest absolute Gasteiger partial charge is 0.269 e. The Kier molecular flexibility index (Phi) is 2.81. The second kappa shape index (κ2) is 4.52. The Morgan fingerprint density at radius 3 is 3.00 bits per heavy atom. The quantitative estimate of drug-likeness (QED) is 0.783. The van der Waals surface area contributed by atoms with E-state index in [0.717, 1.165) is 35.4 Å². The van der Waals surface area contributed by atoms with Crippen LogP contribution in [0.3, 0.4) is 0 Å². The van der Waals surface area contributed by atoms with Crippen LogP contribution in [0.1, 0.15) is 27.4 Å². The first-order valence-electron chi connectivity index (χ1n) is 6.26. The number of nitrogens with two attached hydrogens (primary N) is 1. The van der Waals surface area contributed by atoms with Gasteiger partial charge in [-0.25, -0.2) is 9.97 Å². The Morgan fingerprint density at radius 1 is 1.50 bits per heavy atom. The van der Waals surface area contributed by atoms with Crippen LogP contribution in [0.2, 0.25) is 0 Å². The highest BCUT2D eigenvalue weighted by molar-refractivity contribution is 5.94. The number of aromatic nitrogens is 4. The maximum Gasteiger partial charge on any atom is 0.269 e. The van der Waals surface area contributed by atoms with Gasteiger partial charge >= 0.3 is 0 Å². The molecule has 0 fully saturated rings. The molecule has 1 aliphatic rings. The van der Waals surface area contributed by atoms with Crippen molar-refractivity contribution in [3.8, 4) is 11.4 Å². The molecule has 0 aliphatic heterocycles. The van der Waals surface area contributed by atoms with Crippen LogP contribution in [0.4, 0.5) is 0 Å². The van der Waals surface area contributed by atoms with E-state index in [1.165, 1.54) is 0 Å². The molecular weight excluding hydrogens is 256 g/mol. The van der Waals surface area contributed by atoms with E-state index in [1.807, 2.05) is 0 Å². The minimum absolute atomic E-state index is 0.331. The molecule has 2 aromatic rings. The number of aliphatic imine (C=N–C) groups is 1. The Hall–Kier alpha value is -2.57. The van der Waals surface area contributed by atoms with Crippen LogP contribution in [0, 0.1) is 0 Å². The molecule has 2 N–H and O–H groups in total. The first-order valence-corrected chi connectivity index (χ1v) is 6.26. The van der Waals surface area contributed by atoms with Gasteiger partial charge in [0.2, 0.25) is 0 Å². The van der Waals surface area contributed by atoms with Gasteiger partial charge in [-0.3, -0.25) is 14.5 Å². The van der Waals surface area contributed by atoms with Gasteiger partial charge < -0.3 is 5.73 Å². The van der Waals surface area contributed by atoms with Crippen molar-refractivity contribution < 1.29 is 4.79 Å². The van der Waals surface area contributed by atoms with Crippen molar-refractivity contribution in [3.63, 3.8) is 0 Å². The van der Waals surface area contributed by atoms with Crippen LogP contribution in [-0.4, -0.2) is 38.9 Å². The molecule has 0 radical (unpaired) electrons. The molecule has 1 aliphatic carbocycles. The van der Waals surface area contributed by atoms with Crippen molar-refractivity contribution in [2.24, 2.45) is 17.8 Å². The highest BCUT2D eigenvalue weighted by Gasteiger charge is 2.27. The van der Waals surface area contributed by atoms with Gasteiger partial charge in [-0.1, -0.05) is 0 Å². The second-order valence-corrected chi connectivity index (χ2v) is 4.65. The summed E-state index contributed by atoms with van der Waals surface area (Å²) in [5.41, 5.74) is 9.27. The second-order valence-electron chi connectivity index (χ2n) is 4.65. The molecule has 7 heteroatoms. The predicted molar refractivity (Wildman–Crippen MR) is 73.7 cm³/mol. The SMILES string of the molecule is C/N=C/c1ncc2c(n1)-c1c(c(C(N)=O)nn1C)CC2. The molecule has 102 valence electrons. The summed E-state index contributed by atoms with van der Waals surface area (Å²) in [6, 6.07) is 0. The highest BCUT2D eigenvalue weighted by Crippen LogP contribution is 2.32. The van der Waals surface area contributed by atoms with Crippen LogP contribution in [-0.2, 0) is 19.9 Å².